The maximum atomic E-state index is 11.1. The molecule has 1 aromatic carbocycles. The molecule has 0 aliphatic carbocycles. The molecule has 0 aliphatic rings. The Hall–Kier alpha value is -2.67. The van der Waals surface area contributed by atoms with E-state index in [1.54, 1.807) is 19.3 Å². The topological polar surface area (TPSA) is 83.7 Å². The number of thioether (sulfide) groups is 1. The molecule has 7 heteroatoms. The van der Waals surface area contributed by atoms with Gasteiger partial charge in [-0.25, -0.2) is 0 Å². The molecule has 2 aromatic heterocycles. The van der Waals surface area contributed by atoms with Crippen LogP contribution in [0.4, 0.5) is 0 Å². The number of hydrogen-bond acceptors (Lipinski definition) is 6. The molecule has 6 nitrogen and oxygen atoms in total. The average molecular weight is 353 g/mol. The highest BCUT2D eigenvalue weighted by Crippen LogP contribution is 2.26. The molecular formula is C18H17N4O2S-. The summed E-state index contributed by atoms with van der Waals surface area (Å²) >= 11 is 1.14. The van der Waals surface area contributed by atoms with Gasteiger partial charge in [0.05, 0.1) is 5.97 Å². The minimum Gasteiger partial charge on any atom is -0.549 e. The molecule has 0 N–H and O–H groups in total. The van der Waals surface area contributed by atoms with Crippen molar-refractivity contribution in [2.24, 2.45) is 0 Å². The summed E-state index contributed by atoms with van der Waals surface area (Å²) in [5.41, 5.74) is 2.04. The zero-order chi connectivity index (χ0) is 17.6. The van der Waals surface area contributed by atoms with Crippen LogP contribution in [0, 0.1) is 0 Å². The minimum atomic E-state index is -1.12. The number of nitrogens with zero attached hydrogens (tertiary/aromatic N) is 4. The molecule has 0 amide bonds. The average Bonchev–Trinajstić information content (AvgIpc) is 3.04. The van der Waals surface area contributed by atoms with Gasteiger partial charge in [-0.1, -0.05) is 42.1 Å². The molecule has 0 bridgehead atoms. The molecule has 3 rings (SSSR count). The number of carboxylic acids is 1. The summed E-state index contributed by atoms with van der Waals surface area (Å²) in [5, 5.41) is 19.4. The quantitative estimate of drug-likeness (QED) is 0.603. The fraction of sp³-hybridized carbons (Fsp3) is 0.222. The van der Waals surface area contributed by atoms with Crippen LogP contribution >= 0.6 is 11.8 Å². The molecule has 1 atom stereocenters. The van der Waals surface area contributed by atoms with Gasteiger partial charge in [-0.15, -0.1) is 10.2 Å². The van der Waals surface area contributed by atoms with Crippen molar-refractivity contribution in [2.75, 3.05) is 0 Å². The smallest absolute Gasteiger partial charge is 0.192 e. The molecule has 128 valence electrons. The second-order valence-electron chi connectivity index (χ2n) is 5.51. The summed E-state index contributed by atoms with van der Waals surface area (Å²) in [6.07, 6.45) is 4.21. The van der Waals surface area contributed by atoms with E-state index in [1.165, 1.54) is 5.56 Å². The number of pyridine rings is 1. The fourth-order valence-corrected chi connectivity index (χ4v) is 3.18. The van der Waals surface area contributed by atoms with Crippen molar-refractivity contribution < 1.29 is 9.90 Å². The number of aliphatic carboxylic acids is 1. The normalized spacial score (nSPS) is 12.0. The van der Waals surface area contributed by atoms with E-state index in [0.717, 1.165) is 23.7 Å². The zero-order valence-electron chi connectivity index (χ0n) is 13.7. The predicted octanol–water partition coefficient (Wildman–Crippen LogP) is 1.81. The first-order chi connectivity index (χ1) is 12.1. The predicted molar refractivity (Wildman–Crippen MR) is 93.7 cm³/mol. The van der Waals surface area contributed by atoms with Crippen LogP contribution in [-0.4, -0.2) is 31.0 Å². The Balaban J connectivity index is 1.90. The molecule has 25 heavy (non-hydrogen) atoms. The molecule has 0 aliphatic heterocycles. The van der Waals surface area contributed by atoms with Crippen LogP contribution < -0.4 is 5.11 Å². The Kier molecular flexibility index (Phi) is 5.45. The summed E-state index contributed by atoms with van der Waals surface area (Å²) in [6, 6.07) is 13.8. The summed E-state index contributed by atoms with van der Waals surface area (Å²) in [5.74, 6) is -0.442. The van der Waals surface area contributed by atoms with E-state index in [1.807, 2.05) is 34.9 Å². The summed E-state index contributed by atoms with van der Waals surface area (Å²) < 4.78 is 1.94. The summed E-state index contributed by atoms with van der Waals surface area (Å²) in [6.45, 7) is 2.23. The Bertz CT molecular complexity index is 837. The van der Waals surface area contributed by atoms with Crippen LogP contribution in [0.15, 0.2) is 60.0 Å². The minimum absolute atomic E-state index is 0.562. The monoisotopic (exact) mass is 353 g/mol. The standard InChI is InChI=1S/C18H18N4O2S/c1-13(17(23)24)25-18-21-20-16(15-8-5-10-19-12-15)22(18)11-9-14-6-3-2-4-7-14/h2-8,10,12-13H,9,11H2,1H3,(H,23,24)/p-1/t13-/m1/s1. The van der Waals surface area contributed by atoms with Crippen molar-refractivity contribution in [3.8, 4) is 11.4 Å². The largest absolute Gasteiger partial charge is 0.549 e. The Morgan fingerprint density at radius 3 is 2.68 bits per heavy atom. The lowest BCUT2D eigenvalue weighted by molar-refractivity contribution is -0.304. The van der Waals surface area contributed by atoms with Crippen molar-refractivity contribution in [3.05, 3.63) is 60.4 Å². The molecule has 0 saturated heterocycles. The molecular weight excluding hydrogens is 336 g/mol. The number of rotatable bonds is 7. The highest BCUT2D eigenvalue weighted by atomic mass is 32.2. The van der Waals surface area contributed by atoms with Gasteiger partial charge in [-0.3, -0.25) is 4.98 Å². The van der Waals surface area contributed by atoms with E-state index in [-0.39, 0.29) is 0 Å². The first-order valence-corrected chi connectivity index (χ1v) is 8.78. The van der Waals surface area contributed by atoms with Crippen LogP contribution in [0.2, 0.25) is 0 Å². The Morgan fingerprint density at radius 1 is 1.20 bits per heavy atom. The van der Waals surface area contributed by atoms with Gasteiger partial charge in [0, 0.05) is 29.8 Å². The summed E-state index contributed by atoms with van der Waals surface area (Å²) in [4.78, 5) is 15.2. The zero-order valence-corrected chi connectivity index (χ0v) is 14.5. The van der Waals surface area contributed by atoms with Gasteiger partial charge in [-0.2, -0.15) is 0 Å². The molecule has 3 aromatic rings. The van der Waals surface area contributed by atoms with Gasteiger partial charge < -0.3 is 14.5 Å². The van der Waals surface area contributed by atoms with Gasteiger partial charge in [0.25, 0.3) is 0 Å². The number of aromatic nitrogens is 4. The van der Waals surface area contributed by atoms with Gasteiger partial charge in [0.15, 0.2) is 11.0 Å². The molecule has 0 fully saturated rings. The van der Waals surface area contributed by atoms with Crippen molar-refractivity contribution in [2.45, 2.75) is 30.3 Å². The SMILES string of the molecule is C[C@@H](Sc1nnc(-c2cccnc2)n1CCc1ccccc1)C(=O)[O-]. The number of carboxylic acid groups (broad SMARTS) is 1. The molecule has 0 spiro atoms. The number of carbonyl (C=O) groups is 1. The van der Waals surface area contributed by atoms with E-state index >= 15 is 0 Å². The van der Waals surface area contributed by atoms with E-state index in [0.29, 0.717) is 17.5 Å². The van der Waals surface area contributed by atoms with E-state index < -0.39 is 11.2 Å². The van der Waals surface area contributed by atoms with Crippen molar-refractivity contribution >= 4 is 17.7 Å². The van der Waals surface area contributed by atoms with Gasteiger partial charge in [0.2, 0.25) is 0 Å². The van der Waals surface area contributed by atoms with Crippen LogP contribution in [0.25, 0.3) is 11.4 Å². The fourth-order valence-electron chi connectivity index (χ4n) is 2.38. The lowest BCUT2D eigenvalue weighted by Gasteiger charge is -2.14. The van der Waals surface area contributed by atoms with Crippen LogP contribution in [0.1, 0.15) is 12.5 Å². The maximum absolute atomic E-state index is 11.1. The number of aryl methyl sites for hydroxylation is 1. The number of benzene rings is 1. The molecule has 0 radical (unpaired) electrons. The summed E-state index contributed by atoms with van der Waals surface area (Å²) in [7, 11) is 0. The van der Waals surface area contributed by atoms with E-state index in [9.17, 15) is 9.90 Å². The second kappa shape index (κ2) is 7.94. The van der Waals surface area contributed by atoms with Crippen molar-refractivity contribution in [3.63, 3.8) is 0 Å². The third-order valence-corrected chi connectivity index (χ3v) is 4.78. The Morgan fingerprint density at radius 2 is 2.00 bits per heavy atom. The first kappa shape index (κ1) is 17.2. The Labute approximate surface area is 149 Å². The van der Waals surface area contributed by atoms with Crippen LogP contribution in [0.5, 0.6) is 0 Å². The van der Waals surface area contributed by atoms with Crippen LogP contribution in [-0.2, 0) is 17.8 Å². The third kappa shape index (κ3) is 4.24. The lowest BCUT2D eigenvalue weighted by Crippen LogP contribution is -2.31. The molecule has 0 unspecified atom stereocenters. The number of carbonyl (C=O) groups excluding carboxylic acids is 1. The maximum Gasteiger partial charge on any atom is 0.192 e. The van der Waals surface area contributed by atoms with E-state index in [2.05, 4.69) is 27.3 Å². The molecule has 2 heterocycles. The third-order valence-electron chi connectivity index (χ3n) is 3.72. The van der Waals surface area contributed by atoms with Crippen molar-refractivity contribution in [1.82, 2.24) is 19.7 Å². The van der Waals surface area contributed by atoms with E-state index in [4.69, 9.17) is 0 Å². The van der Waals surface area contributed by atoms with Gasteiger partial charge in [0.1, 0.15) is 0 Å². The second-order valence-corrected chi connectivity index (χ2v) is 6.82. The lowest BCUT2D eigenvalue weighted by atomic mass is 10.1. The highest BCUT2D eigenvalue weighted by molar-refractivity contribution is 8.00. The highest BCUT2D eigenvalue weighted by Gasteiger charge is 2.17. The van der Waals surface area contributed by atoms with Crippen LogP contribution in [0.3, 0.4) is 0 Å². The van der Waals surface area contributed by atoms with Gasteiger partial charge >= 0.3 is 0 Å². The first-order valence-electron chi connectivity index (χ1n) is 7.90. The number of hydrogen-bond donors (Lipinski definition) is 0. The molecule has 0 saturated carbocycles. The van der Waals surface area contributed by atoms with Crippen molar-refractivity contribution in [1.29, 1.82) is 0 Å². The van der Waals surface area contributed by atoms with Gasteiger partial charge in [-0.05, 0) is 31.0 Å².